The number of nitrogens with one attached hydrogen (secondary N) is 1. The molecular weight excluding hydrogens is 600 g/mol. The summed E-state index contributed by atoms with van der Waals surface area (Å²) in [5.74, 6) is -3.72. The Morgan fingerprint density at radius 1 is 0.844 bits per heavy atom. The van der Waals surface area contributed by atoms with Crippen molar-refractivity contribution < 1.29 is 33.8 Å². The number of ether oxygens (including phenoxy) is 1. The Hall–Kier alpha value is -3.96. The Morgan fingerprint density at radius 2 is 1.36 bits per heavy atom. The van der Waals surface area contributed by atoms with Crippen molar-refractivity contribution >= 4 is 42.1 Å². The normalized spacial score (nSPS) is 19.7. The van der Waals surface area contributed by atoms with Gasteiger partial charge < -0.3 is 30.7 Å². The minimum atomic E-state index is -1.33. The van der Waals surface area contributed by atoms with Gasteiger partial charge in [0.2, 0.25) is 23.8 Å². The number of hydrogen-bond donors (Lipinski definition) is 3. The van der Waals surface area contributed by atoms with Gasteiger partial charge in [-0.2, -0.15) is 0 Å². The lowest BCUT2D eigenvalue weighted by atomic mass is 10.0. The van der Waals surface area contributed by atoms with Crippen LogP contribution in [0, 0.1) is 5.92 Å². The van der Waals surface area contributed by atoms with E-state index in [-0.39, 0.29) is 31.3 Å². The quantitative estimate of drug-likeness (QED) is 0.298. The van der Waals surface area contributed by atoms with E-state index in [2.05, 4.69) is 5.32 Å². The molecule has 2 heterocycles. The van der Waals surface area contributed by atoms with E-state index in [4.69, 9.17) is 10.5 Å². The smallest absolute Gasteiger partial charge is 0.345 e. The molecule has 0 saturated carbocycles. The molecule has 4 rings (SSSR count). The molecule has 0 radical (unpaired) electrons. The largest absolute Gasteiger partial charge is 0.478 e. The van der Waals surface area contributed by atoms with E-state index >= 15 is 0 Å². The number of nitrogens with zero attached hydrogens (tertiary/aromatic N) is 2. The van der Waals surface area contributed by atoms with E-state index in [9.17, 15) is 29.1 Å². The highest BCUT2D eigenvalue weighted by Crippen LogP contribution is 2.24. The molecule has 11 nitrogen and oxygen atoms in total. The SMILES string of the molecule is CC(C)[C@H](OC(=O)[C@@H]1CCCN1C(=O)[C@@H](Cc1ccccc1)NC(=O)[C@@H]1CCCN1C(=O)[C@H](N)Cc1ccccc1)C(=O)O.Cl. The Balaban J connectivity index is 0.00000552. The summed E-state index contributed by atoms with van der Waals surface area (Å²) in [7, 11) is 0. The maximum absolute atomic E-state index is 14.0. The van der Waals surface area contributed by atoms with Gasteiger partial charge in [-0.05, 0) is 43.2 Å². The number of esters is 1. The minimum Gasteiger partial charge on any atom is -0.478 e. The fourth-order valence-corrected chi connectivity index (χ4v) is 5.94. The maximum atomic E-state index is 14.0. The first-order chi connectivity index (χ1) is 21.1. The minimum absolute atomic E-state index is 0. The number of carbonyl (C=O) groups excluding carboxylic acids is 4. The molecule has 2 aromatic carbocycles. The topological polar surface area (TPSA) is 159 Å². The molecule has 2 aromatic rings. The molecule has 0 aliphatic carbocycles. The third-order valence-electron chi connectivity index (χ3n) is 8.25. The molecule has 4 N–H and O–H groups in total. The molecule has 2 saturated heterocycles. The van der Waals surface area contributed by atoms with Crippen molar-refractivity contribution in [2.45, 2.75) is 82.6 Å². The van der Waals surface area contributed by atoms with E-state index in [0.717, 1.165) is 11.1 Å². The van der Waals surface area contributed by atoms with Crippen LogP contribution in [0.1, 0.15) is 50.7 Å². The van der Waals surface area contributed by atoms with Crippen molar-refractivity contribution in [1.29, 1.82) is 0 Å². The van der Waals surface area contributed by atoms with Gasteiger partial charge in [0.15, 0.2) is 0 Å². The highest BCUT2D eigenvalue weighted by atomic mass is 35.5. The van der Waals surface area contributed by atoms with Crippen molar-refractivity contribution in [3.63, 3.8) is 0 Å². The molecule has 0 bridgehead atoms. The molecule has 2 fully saturated rings. The number of carbonyl (C=O) groups is 5. The molecule has 0 spiro atoms. The van der Waals surface area contributed by atoms with Crippen LogP contribution < -0.4 is 11.1 Å². The van der Waals surface area contributed by atoms with Crippen LogP contribution in [-0.2, 0) is 41.6 Å². The third-order valence-corrected chi connectivity index (χ3v) is 8.25. The maximum Gasteiger partial charge on any atom is 0.345 e. The van der Waals surface area contributed by atoms with Crippen LogP contribution in [0.4, 0.5) is 0 Å². The molecule has 2 aliphatic rings. The van der Waals surface area contributed by atoms with Gasteiger partial charge in [-0.3, -0.25) is 14.4 Å². The van der Waals surface area contributed by atoms with Crippen molar-refractivity contribution in [3.8, 4) is 0 Å². The second-order valence-electron chi connectivity index (χ2n) is 11.9. The fourth-order valence-electron chi connectivity index (χ4n) is 5.94. The lowest BCUT2D eigenvalue weighted by molar-refractivity contribution is -0.171. The van der Waals surface area contributed by atoms with E-state index in [0.29, 0.717) is 38.6 Å². The van der Waals surface area contributed by atoms with E-state index in [1.54, 1.807) is 13.8 Å². The fraction of sp³-hybridized carbons (Fsp3) is 0.485. The van der Waals surface area contributed by atoms with Gasteiger partial charge in [-0.1, -0.05) is 74.5 Å². The zero-order valence-electron chi connectivity index (χ0n) is 25.7. The van der Waals surface area contributed by atoms with Crippen LogP contribution in [0.5, 0.6) is 0 Å². The van der Waals surface area contributed by atoms with Gasteiger partial charge in [0.1, 0.15) is 18.1 Å². The van der Waals surface area contributed by atoms with Crippen LogP contribution in [0.15, 0.2) is 60.7 Å². The summed E-state index contributed by atoms with van der Waals surface area (Å²) in [4.78, 5) is 68.6. The summed E-state index contributed by atoms with van der Waals surface area (Å²) in [5, 5.41) is 12.4. The van der Waals surface area contributed by atoms with E-state index in [1.165, 1.54) is 9.80 Å². The van der Waals surface area contributed by atoms with Crippen molar-refractivity contribution in [2.75, 3.05) is 13.1 Å². The number of hydrogen-bond acceptors (Lipinski definition) is 7. The molecule has 2 aliphatic heterocycles. The molecule has 5 atom stereocenters. The monoisotopic (exact) mass is 642 g/mol. The number of aliphatic carboxylic acids is 1. The summed E-state index contributed by atoms with van der Waals surface area (Å²) < 4.78 is 5.33. The van der Waals surface area contributed by atoms with Gasteiger partial charge in [-0.25, -0.2) is 9.59 Å². The second kappa shape index (κ2) is 16.4. The summed E-state index contributed by atoms with van der Waals surface area (Å²) in [6.07, 6.45) is 1.09. The van der Waals surface area contributed by atoms with Gasteiger partial charge >= 0.3 is 11.9 Å². The average molecular weight is 643 g/mol. The number of halogens is 1. The first kappa shape index (κ1) is 35.5. The van der Waals surface area contributed by atoms with Gasteiger partial charge in [0, 0.05) is 25.4 Å². The Morgan fingerprint density at radius 3 is 1.89 bits per heavy atom. The second-order valence-corrected chi connectivity index (χ2v) is 11.9. The number of benzene rings is 2. The number of likely N-dealkylation sites (tertiary alicyclic amines) is 2. The molecule has 0 aromatic heterocycles. The number of rotatable bonds is 12. The predicted molar refractivity (Wildman–Crippen MR) is 169 cm³/mol. The summed E-state index contributed by atoms with van der Waals surface area (Å²) >= 11 is 0. The van der Waals surface area contributed by atoms with Crippen LogP contribution in [0.25, 0.3) is 0 Å². The molecule has 244 valence electrons. The number of amides is 3. The zero-order chi connectivity index (χ0) is 31.8. The standard InChI is InChI=1S/C33H42N4O7.ClH/c1-21(2)28(32(41)42)44-33(43)27-16-10-18-37(27)31(40)25(20-23-13-7-4-8-14-23)35-29(38)26-15-9-17-36(26)30(39)24(34)19-22-11-5-3-6-12-22;/h3-8,11-14,21,24-28H,9-10,15-20,34H2,1-2H3,(H,35,38)(H,41,42);1H/t24-,25-,26+,27+,28+;/m1./s1. The zero-order valence-corrected chi connectivity index (χ0v) is 26.5. The van der Waals surface area contributed by atoms with Crippen molar-refractivity contribution in [1.82, 2.24) is 15.1 Å². The molecule has 3 amide bonds. The summed E-state index contributed by atoms with van der Waals surface area (Å²) in [6, 6.07) is 15.1. The summed E-state index contributed by atoms with van der Waals surface area (Å²) in [5.41, 5.74) is 8.00. The molecule has 0 unspecified atom stereocenters. The lowest BCUT2D eigenvalue weighted by Crippen LogP contribution is -2.57. The molecule has 12 heteroatoms. The highest BCUT2D eigenvalue weighted by Gasteiger charge is 2.42. The average Bonchev–Trinajstić information content (AvgIpc) is 3.70. The Labute approximate surface area is 269 Å². The predicted octanol–water partition coefficient (Wildman–Crippen LogP) is 2.34. The highest BCUT2D eigenvalue weighted by molar-refractivity contribution is 5.95. The van der Waals surface area contributed by atoms with Crippen molar-refractivity contribution in [3.05, 3.63) is 71.8 Å². The van der Waals surface area contributed by atoms with E-state index in [1.807, 2.05) is 60.7 Å². The Kier molecular flexibility index (Phi) is 12.9. The van der Waals surface area contributed by atoms with Crippen LogP contribution in [-0.4, -0.2) is 87.9 Å². The van der Waals surface area contributed by atoms with E-state index < -0.39 is 59.9 Å². The van der Waals surface area contributed by atoms with Crippen molar-refractivity contribution in [2.24, 2.45) is 11.7 Å². The number of carboxylic acid groups (broad SMARTS) is 1. The Bertz CT molecular complexity index is 1330. The lowest BCUT2D eigenvalue weighted by Gasteiger charge is -2.31. The third kappa shape index (κ3) is 9.04. The van der Waals surface area contributed by atoms with Crippen LogP contribution in [0.2, 0.25) is 0 Å². The first-order valence-corrected chi connectivity index (χ1v) is 15.2. The molecule has 45 heavy (non-hydrogen) atoms. The van der Waals surface area contributed by atoms with Crippen LogP contribution in [0.3, 0.4) is 0 Å². The van der Waals surface area contributed by atoms with Gasteiger partial charge in [-0.15, -0.1) is 12.4 Å². The van der Waals surface area contributed by atoms with Gasteiger partial charge in [0.25, 0.3) is 0 Å². The first-order valence-electron chi connectivity index (χ1n) is 15.2. The van der Waals surface area contributed by atoms with Gasteiger partial charge in [0.05, 0.1) is 6.04 Å². The summed E-state index contributed by atoms with van der Waals surface area (Å²) in [6.45, 7) is 3.93. The number of nitrogens with two attached hydrogens (primary N) is 1. The van der Waals surface area contributed by atoms with Crippen LogP contribution >= 0.6 is 12.4 Å². The molecular formula is C33H43ClN4O7. The number of carboxylic acids is 1.